The lowest BCUT2D eigenvalue weighted by Gasteiger charge is -2.03. The number of hydrogen-bond acceptors (Lipinski definition) is 5. The summed E-state index contributed by atoms with van der Waals surface area (Å²) in [6.45, 7) is 7.72. The number of rotatable bonds is 5. The largest absolute Gasteiger partial charge is 0.469 e. The molecular weight excluding hydrogens is 218 g/mol. The van der Waals surface area contributed by atoms with Crippen molar-refractivity contribution in [1.29, 1.82) is 0 Å². The molecule has 0 radical (unpaired) electrons. The van der Waals surface area contributed by atoms with E-state index in [-0.39, 0.29) is 0 Å². The smallest absolute Gasteiger partial charge is 0.240 e. The van der Waals surface area contributed by atoms with Crippen LogP contribution in [0.2, 0.25) is 0 Å². The molecule has 0 aliphatic heterocycles. The van der Waals surface area contributed by atoms with E-state index in [1.54, 1.807) is 6.26 Å². The second-order valence-electron chi connectivity index (χ2n) is 4.43. The van der Waals surface area contributed by atoms with Gasteiger partial charge in [-0.05, 0) is 25.5 Å². The summed E-state index contributed by atoms with van der Waals surface area (Å²) in [5.41, 5.74) is 0.879. The van der Waals surface area contributed by atoms with Crippen molar-refractivity contribution in [1.82, 2.24) is 15.5 Å². The molecular formula is C12H17N3O2. The SMILES string of the molecule is Cc1occc1-c1noc(CNCC(C)C)n1. The highest BCUT2D eigenvalue weighted by Crippen LogP contribution is 2.20. The molecule has 0 unspecified atom stereocenters. The van der Waals surface area contributed by atoms with Crippen molar-refractivity contribution in [2.24, 2.45) is 5.92 Å². The highest BCUT2D eigenvalue weighted by Gasteiger charge is 2.12. The Hall–Kier alpha value is -1.62. The van der Waals surface area contributed by atoms with Gasteiger partial charge in [-0.3, -0.25) is 0 Å². The second-order valence-corrected chi connectivity index (χ2v) is 4.43. The molecule has 2 aromatic rings. The minimum absolute atomic E-state index is 0.581. The molecule has 5 nitrogen and oxygen atoms in total. The van der Waals surface area contributed by atoms with Crippen molar-refractivity contribution in [2.75, 3.05) is 6.54 Å². The molecule has 2 heterocycles. The molecule has 0 spiro atoms. The van der Waals surface area contributed by atoms with Gasteiger partial charge in [0.1, 0.15) is 5.76 Å². The van der Waals surface area contributed by atoms with Crippen LogP contribution in [0.4, 0.5) is 0 Å². The Kier molecular flexibility index (Phi) is 3.58. The van der Waals surface area contributed by atoms with E-state index in [2.05, 4.69) is 29.3 Å². The van der Waals surface area contributed by atoms with Crippen LogP contribution in [0.5, 0.6) is 0 Å². The summed E-state index contributed by atoms with van der Waals surface area (Å²) in [4.78, 5) is 4.31. The maximum Gasteiger partial charge on any atom is 0.240 e. The number of furan rings is 1. The van der Waals surface area contributed by atoms with Crippen LogP contribution in [0, 0.1) is 12.8 Å². The Bertz CT molecular complexity index is 474. The van der Waals surface area contributed by atoms with Crippen molar-refractivity contribution in [3.8, 4) is 11.4 Å². The Labute approximate surface area is 100 Å². The Balaban J connectivity index is 1.99. The zero-order chi connectivity index (χ0) is 12.3. The number of hydrogen-bond donors (Lipinski definition) is 1. The summed E-state index contributed by atoms with van der Waals surface area (Å²) in [6, 6.07) is 1.84. The molecule has 2 rings (SSSR count). The van der Waals surface area contributed by atoms with Crippen molar-refractivity contribution >= 4 is 0 Å². The van der Waals surface area contributed by atoms with Crippen LogP contribution in [0.1, 0.15) is 25.5 Å². The third-order valence-electron chi connectivity index (χ3n) is 2.40. The van der Waals surface area contributed by atoms with Gasteiger partial charge in [0.2, 0.25) is 11.7 Å². The molecule has 0 saturated heterocycles. The van der Waals surface area contributed by atoms with Crippen molar-refractivity contribution in [2.45, 2.75) is 27.3 Å². The van der Waals surface area contributed by atoms with Crippen molar-refractivity contribution in [3.63, 3.8) is 0 Å². The lowest BCUT2D eigenvalue weighted by atomic mass is 10.2. The molecule has 0 bridgehead atoms. The number of nitrogens with one attached hydrogen (secondary N) is 1. The predicted molar refractivity (Wildman–Crippen MR) is 63.3 cm³/mol. The summed E-state index contributed by atoms with van der Waals surface area (Å²) in [5.74, 6) is 2.58. The first kappa shape index (κ1) is 11.9. The first-order valence-electron chi connectivity index (χ1n) is 5.74. The molecule has 0 saturated carbocycles. The Morgan fingerprint density at radius 1 is 1.41 bits per heavy atom. The van der Waals surface area contributed by atoms with E-state index < -0.39 is 0 Å². The second kappa shape index (κ2) is 5.14. The van der Waals surface area contributed by atoms with Crippen LogP contribution in [0.3, 0.4) is 0 Å². The van der Waals surface area contributed by atoms with Gasteiger partial charge >= 0.3 is 0 Å². The number of nitrogens with zero attached hydrogens (tertiary/aromatic N) is 2. The predicted octanol–water partition coefficient (Wildman–Crippen LogP) is 2.38. The van der Waals surface area contributed by atoms with Gasteiger partial charge in [0.15, 0.2) is 0 Å². The topological polar surface area (TPSA) is 64.1 Å². The van der Waals surface area contributed by atoms with Gasteiger partial charge in [-0.25, -0.2) is 0 Å². The average molecular weight is 235 g/mol. The fourth-order valence-corrected chi connectivity index (χ4v) is 1.52. The molecule has 1 N–H and O–H groups in total. The molecule has 0 aliphatic carbocycles. The molecule has 0 amide bonds. The van der Waals surface area contributed by atoms with Crippen LogP contribution >= 0.6 is 0 Å². The van der Waals surface area contributed by atoms with Gasteiger partial charge in [0.05, 0.1) is 18.4 Å². The minimum atomic E-state index is 0.581. The fraction of sp³-hybridized carbons (Fsp3) is 0.500. The lowest BCUT2D eigenvalue weighted by Crippen LogP contribution is -2.19. The van der Waals surface area contributed by atoms with Gasteiger partial charge in [0, 0.05) is 0 Å². The first-order chi connectivity index (χ1) is 8.16. The molecule has 92 valence electrons. The van der Waals surface area contributed by atoms with E-state index in [1.807, 2.05) is 13.0 Å². The number of aromatic nitrogens is 2. The lowest BCUT2D eigenvalue weighted by molar-refractivity contribution is 0.364. The Morgan fingerprint density at radius 2 is 2.24 bits per heavy atom. The van der Waals surface area contributed by atoms with Gasteiger partial charge in [-0.2, -0.15) is 4.98 Å². The highest BCUT2D eigenvalue weighted by atomic mass is 16.5. The fourth-order valence-electron chi connectivity index (χ4n) is 1.52. The van der Waals surface area contributed by atoms with Gasteiger partial charge < -0.3 is 14.3 Å². The van der Waals surface area contributed by atoms with Gasteiger partial charge in [-0.1, -0.05) is 19.0 Å². The Morgan fingerprint density at radius 3 is 2.88 bits per heavy atom. The quantitative estimate of drug-likeness (QED) is 0.862. The molecule has 0 fully saturated rings. The summed E-state index contributed by atoms with van der Waals surface area (Å²) >= 11 is 0. The van der Waals surface area contributed by atoms with E-state index in [0.717, 1.165) is 17.9 Å². The standard InChI is InChI=1S/C12H17N3O2/c1-8(2)6-13-7-11-14-12(15-17-11)10-4-5-16-9(10)3/h4-5,8,13H,6-7H2,1-3H3. The van der Waals surface area contributed by atoms with Crippen molar-refractivity contribution in [3.05, 3.63) is 24.0 Å². The first-order valence-corrected chi connectivity index (χ1v) is 5.74. The van der Waals surface area contributed by atoms with Gasteiger partial charge in [0.25, 0.3) is 0 Å². The highest BCUT2D eigenvalue weighted by molar-refractivity contribution is 5.55. The van der Waals surface area contributed by atoms with Crippen LogP contribution in [-0.4, -0.2) is 16.7 Å². The minimum Gasteiger partial charge on any atom is -0.469 e. The summed E-state index contributed by atoms with van der Waals surface area (Å²) in [5, 5.41) is 7.19. The zero-order valence-corrected chi connectivity index (χ0v) is 10.4. The molecule has 0 aliphatic rings. The monoisotopic (exact) mass is 235 g/mol. The normalized spacial score (nSPS) is 11.3. The average Bonchev–Trinajstić information content (AvgIpc) is 2.86. The maximum atomic E-state index is 5.20. The maximum absolute atomic E-state index is 5.20. The van der Waals surface area contributed by atoms with Crippen LogP contribution in [0.15, 0.2) is 21.3 Å². The van der Waals surface area contributed by atoms with E-state index in [9.17, 15) is 0 Å². The van der Waals surface area contributed by atoms with Crippen LogP contribution in [-0.2, 0) is 6.54 Å². The van der Waals surface area contributed by atoms with Crippen LogP contribution in [0.25, 0.3) is 11.4 Å². The van der Waals surface area contributed by atoms with Crippen molar-refractivity contribution < 1.29 is 8.94 Å². The summed E-state index contributed by atoms with van der Waals surface area (Å²) in [6.07, 6.45) is 1.62. The van der Waals surface area contributed by atoms with E-state index in [0.29, 0.717) is 24.2 Å². The molecule has 0 aromatic carbocycles. The van der Waals surface area contributed by atoms with E-state index in [4.69, 9.17) is 8.94 Å². The van der Waals surface area contributed by atoms with E-state index >= 15 is 0 Å². The third kappa shape index (κ3) is 2.94. The zero-order valence-electron chi connectivity index (χ0n) is 10.4. The van der Waals surface area contributed by atoms with E-state index in [1.165, 1.54) is 0 Å². The summed E-state index contributed by atoms with van der Waals surface area (Å²) in [7, 11) is 0. The van der Waals surface area contributed by atoms with Crippen LogP contribution < -0.4 is 5.32 Å². The number of aryl methyl sites for hydroxylation is 1. The third-order valence-corrected chi connectivity index (χ3v) is 2.40. The van der Waals surface area contributed by atoms with Gasteiger partial charge in [-0.15, -0.1) is 0 Å². The molecule has 2 aromatic heterocycles. The summed E-state index contributed by atoms with van der Waals surface area (Å²) < 4.78 is 10.4. The molecule has 17 heavy (non-hydrogen) atoms. The molecule has 0 atom stereocenters. The molecule has 5 heteroatoms.